The van der Waals surface area contributed by atoms with Gasteiger partial charge >= 0.3 is 0 Å². The summed E-state index contributed by atoms with van der Waals surface area (Å²) in [5, 5.41) is 4.74. The van der Waals surface area contributed by atoms with Gasteiger partial charge in [-0.15, -0.1) is 11.3 Å². The van der Waals surface area contributed by atoms with Crippen LogP contribution in [0.15, 0.2) is 48.1 Å². The number of rotatable bonds is 4. The predicted octanol–water partition coefficient (Wildman–Crippen LogP) is 3.06. The van der Waals surface area contributed by atoms with Gasteiger partial charge in [0, 0.05) is 17.7 Å². The van der Waals surface area contributed by atoms with E-state index in [9.17, 15) is 4.79 Å². The molecule has 5 nitrogen and oxygen atoms in total. The van der Waals surface area contributed by atoms with Crippen molar-refractivity contribution in [3.05, 3.63) is 53.8 Å². The number of amides is 1. The highest BCUT2D eigenvalue weighted by Gasteiger charge is 2.05. The quantitative estimate of drug-likeness (QED) is 0.753. The first-order valence-corrected chi connectivity index (χ1v) is 7.18. The minimum Gasteiger partial charge on any atom is -0.495 e. The van der Waals surface area contributed by atoms with E-state index in [1.807, 2.05) is 28.1 Å². The fraction of sp³-hybridized carbons (Fsp3) is 0.0667. The van der Waals surface area contributed by atoms with Gasteiger partial charge in [0.25, 0.3) is 0 Å². The highest BCUT2D eigenvalue weighted by Crippen LogP contribution is 2.23. The van der Waals surface area contributed by atoms with Gasteiger partial charge < -0.3 is 10.1 Å². The maximum atomic E-state index is 12.0. The van der Waals surface area contributed by atoms with Crippen molar-refractivity contribution in [3.63, 3.8) is 0 Å². The lowest BCUT2D eigenvalue weighted by Gasteiger charge is -2.07. The number of thiazole rings is 1. The molecule has 1 aromatic carbocycles. The van der Waals surface area contributed by atoms with Crippen LogP contribution in [0.3, 0.4) is 0 Å². The lowest BCUT2D eigenvalue weighted by Crippen LogP contribution is -2.08. The van der Waals surface area contributed by atoms with Crippen molar-refractivity contribution in [2.24, 2.45) is 0 Å². The number of fused-ring (bicyclic) bond motifs is 1. The molecule has 0 atom stereocenters. The number of hydrogen-bond donors (Lipinski definition) is 1. The fourth-order valence-electron chi connectivity index (χ4n) is 1.95. The zero-order valence-electron chi connectivity index (χ0n) is 11.3. The van der Waals surface area contributed by atoms with Crippen molar-refractivity contribution >= 4 is 34.0 Å². The van der Waals surface area contributed by atoms with Crippen LogP contribution in [-0.4, -0.2) is 22.4 Å². The summed E-state index contributed by atoms with van der Waals surface area (Å²) in [4.78, 5) is 17.1. The highest BCUT2D eigenvalue weighted by atomic mass is 32.1. The molecule has 2 heterocycles. The number of ether oxygens (including phenoxy) is 1. The molecule has 1 N–H and O–H groups in total. The summed E-state index contributed by atoms with van der Waals surface area (Å²) < 4.78 is 7.12. The van der Waals surface area contributed by atoms with E-state index in [-0.39, 0.29) is 5.91 Å². The molecule has 3 rings (SSSR count). The monoisotopic (exact) mass is 299 g/mol. The number of anilines is 1. The molecule has 106 valence electrons. The number of methoxy groups -OCH3 is 1. The normalized spacial score (nSPS) is 11.1. The van der Waals surface area contributed by atoms with E-state index < -0.39 is 0 Å². The average molecular weight is 299 g/mol. The smallest absolute Gasteiger partial charge is 0.248 e. The number of carbonyl (C=O) groups excluding carboxylic acids is 1. The number of para-hydroxylation sites is 2. The molecule has 0 spiro atoms. The van der Waals surface area contributed by atoms with Crippen molar-refractivity contribution in [2.75, 3.05) is 12.4 Å². The Morgan fingerprint density at radius 2 is 2.29 bits per heavy atom. The second-order valence-corrected chi connectivity index (χ2v) is 5.13. The minimum atomic E-state index is -0.218. The van der Waals surface area contributed by atoms with Crippen molar-refractivity contribution in [3.8, 4) is 5.75 Å². The Morgan fingerprint density at radius 3 is 3.14 bits per heavy atom. The number of nitrogens with one attached hydrogen (secondary N) is 1. The molecule has 0 bridgehead atoms. The molecule has 0 unspecified atom stereocenters. The molecule has 1 amide bonds. The third-order valence-corrected chi connectivity index (χ3v) is 3.72. The Hall–Kier alpha value is -2.60. The van der Waals surface area contributed by atoms with Crippen molar-refractivity contribution < 1.29 is 9.53 Å². The molecular formula is C15H13N3O2S. The van der Waals surface area contributed by atoms with Gasteiger partial charge in [0.15, 0.2) is 4.96 Å². The Bertz CT molecular complexity index is 804. The van der Waals surface area contributed by atoms with Crippen LogP contribution in [0.1, 0.15) is 5.69 Å². The molecule has 0 saturated carbocycles. The average Bonchev–Trinajstić information content (AvgIpc) is 3.09. The van der Waals surface area contributed by atoms with E-state index in [4.69, 9.17) is 4.74 Å². The first kappa shape index (κ1) is 13.4. The molecule has 2 aromatic heterocycles. The van der Waals surface area contributed by atoms with Crippen molar-refractivity contribution in [1.82, 2.24) is 9.38 Å². The number of hydrogen-bond acceptors (Lipinski definition) is 4. The summed E-state index contributed by atoms with van der Waals surface area (Å²) in [7, 11) is 1.57. The van der Waals surface area contributed by atoms with Crippen LogP contribution in [-0.2, 0) is 4.79 Å². The second-order valence-electron chi connectivity index (χ2n) is 4.26. The van der Waals surface area contributed by atoms with Crippen LogP contribution in [0, 0.1) is 0 Å². The van der Waals surface area contributed by atoms with E-state index in [0.717, 1.165) is 10.7 Å². The lowest BCUT2D eigenvalue weighted by atomic mass is 10.3. The molecule has 0 aliphatic carbocycles. The minimum absolute atomic E-state index is 0.218. The Kier molecular flexibility index (Phi) is 3.70. The molecule has 0 aliphatic heterocycles. The molecule has 0 saturated heterocycles. The first-order chi connectivity index (χ1) is 10.3. The van der Waals surface area contributed by atoms with E-state index in [1.165, 1.54) is 6.08 Å². The Morgan fingerprint density at radius 1 is 1.43 bits per heavy atom. The van der Waals surface area contributed by atoms with E-state index in [1.54, 1.807) is 42.9 Å². The summed E-state index contributed by atoms with van der Waals surface area (Å²) in [6.07, 6.45) is 6.87. The first-order valence-electron chi connectivity index (χ1n) is 6.30. The van der Waals surface area contributed by atoms with Crippen molar-refractivity contribution in [2.45, 2.75) is 0 Å². The Labute approximate surface area is 125 Å². The van der Waals surface area contributed by atoms with Gasteiger partial charge in [-0.25, -0.2) is 4.98 Å². The fourth-order valence-corrected chi connectivity index (χ4v) is 2.65. The molecule has 0 fully saturated rings. The Balaban J connectivity index is 1.74. The van der Waals surface area contributed by atoms with Crippen LogP contribution in [0.5, 0.6) is 5.75 Å². The van der Waals surface area contributed by atoms with Crippen molar-refractivity contribution in [1.29, 1.82) is 0 Å². The van der Waals surface area contributed by atoms with Gasteiger partial charge in [-0.2, -0.15) is 0 Å². The SMILES string of the molecule is COc1ccccc1NC(=O)/C=C/c1cnc2sccn12. The summed E-state index contributed by atoms with van der Waals surface area (Å²) in [6, 6.07) is 7.28. The number of imidazole rings is 1. The van der Waals surface area contributed by atoms with Gasteiger partial charge in [0.05, 0.1) is 24.7 Å². The number of aromatic nitrogens is 2. The number of carbonyl (C=O) groups is 1. The zero-order chi connectivity index (χ0) is 14.7. The van der Waals surface area contributed by atoms with Crippen LogP contribution >= 0.6 is 11.3 Å². The van der Waals surface area contributed by atoms with Gasteiger partial charge in [0.1, 0.15) is 5.75 Å². The molecular weight excluding hydrogens is 286 g/mol. The number of nitrogens with zero attached hydrogens (tertiary/aromatic N) is 2. The molecule has 6 heteroatoms. The van der Waals surface area contributed by atoms with Crippen LogP contribution in [0.25, 0.3) is 11.0 Å². The summed E-state index contributed by atoms with van der Waals surface area (Å²) in [6.45, 7) is 0. The summed E-state index contributed by atoms with van der Waals surface area (Å²) >= 11 is 1.55. The lowest BCUT2D eigenvalue weighted by molar-refractivity contribution is -0.111. The molecule has 0 radical (unpaired) electrons. The maximum absolute atomic E-state index is 12.0. The van der Waals surface area contributed by atoms with Gasteiger partial charge in [0.2, 0.25) is 5.91 Å². The van der Waals surface area contributed by atoms with Crippen LogP contribution < -0.4 is 10.1 Å². The number of benzene rings is 1. The third kappa shape index (κ3) is 2.80. The topological polar surface area (TPSA) is 55.6 Å². The zero-order valence-corrected chi connectivity index (χ0v) is 12.1. The van der Waals surface area contributed by atoms with Crippen LogP contribution in [0.4, 0.5) is 5.69 Å². The maximum Gasteiger partial charge on any atom is 0.248 e. The largest absolute Gasteiger partial charge is 0.495 e. The summed E-state index contributed by atoms with van der Waals surface area (Å²) in [5.41, 5.74) is 1.50. The highest BCUT2D eigenvalue weighted by molar-refractivity contribution is 7.15. The van der Waals surface area contributed by atoms with E-state index >= 15 is 0 Å². The van der Waals surface area contributed by atoms with E-state index in [0.29, 0.717) is 11.4 Å². The van der Waals surface area contributed by atoms with E-state index in [2.05, 4.69) is 10.3 Å². The van der Waals surface area contributed by atoms with Crippen LogP contribution in [0.2, 0.25) is 0 Å². The standard InChI is InChI=1S/C15H13N3O2S/c1-20-13-5-3-2-4-12(13)17-14(19)7-6-11-10-16-15-18(11)8-9-21-15/h2-10H,1H3,(H,17,19)/b7-6+. The van der Waals surface area contributed by atoms with Gasteiger partial charge in [-0.1, -0.05) is 12.1 Å². The molecule has 3 aromatic rings. The predicted molar refractivity (Wildman–Crippen MR) is 83.7 cm³/mol. The van der Waals surface area contributed by atoms with Gasteiger partial charge in [-0.05, 0) is 18.2 Å². The summed E-state index contributed by atoms with van der Waals surface area (Å²) in [5.74, 6) is 0.411. The molecule has 21 heavy (non-hydrogen) atoms. The van der Waals surface area contributed by atoms with Gasteiger partial charge in [-0.3, -0.25) is 9.20 Å². The third-order valence-electron chi connectivity index (χ3n) is 2.95. The second kappa shape index (κ2) is 5.80. The molecule has 0 aliphatic rings.